The molecule has 0 saturated heterocycles. The lowest BCUT2D eigenvalue weighted by atomic mass is 10.2. The van der Waals surface area contributed by atoms with Gasteiger partial charge in [0, 0.05) is 6.07 Å². The van der Waals surface area contributed by atoms with Crippen LogP contribution in [0.1, 0.15) is 5.56 Å². The Kier molecular flexibility index (Phi) is 4.14. The lowest BCUT2D eigenvalue weighted by molar-refractivity contribution is -0.387. The summed E-state index contributed by atoms with van der Waals surface area (Å²) in [6, 6.07) is 11.2. The highest BCUT2D eigenvalue weighted by atomic mass is 19.1. The van der Waals surface area contributed by atoms with Crippen molar-refractivity contribution in [2.24, 2.45) is 0 Å². The fourth-order valence-corrected chi connectivity index (χ4v) is 1.67. The zero-order valence-corrected chi connectivity index (χ0v) is 10.7. The molecule has 0 aliphatic rings. The molecule has 104 valence electrons. The molecule has 6 heteroatoms. The zero-order valence-electron chi connectivity index (χ0n) is 10.7. The van der Waals surface area contributed by atoms with Crippen molar-refractivity contribution in [3.8, 4) is 11.5 Å². The molecule has 0 radical (unpaired) electrons. The molecular weight excluding hydrogens is 265 g/mol. The van der Waals surface area contributed by atoms with Crippen LogP contribution in [0.15, 0.2) is 42.5 Å². The summed E-state index contributed by atoms with van der Waals surface area (Å²) in [6.07, 6.45) is 0. The van der Waals surface area contributed by atoms with Crippen molar-refractivity contribution in [1.82, 2.24) is 0 Å². The van der Waals surface area contributed by atoms with Gasteiger partial charge in [-0.25, -0.2) is 0 Å². The summed E-state index contributed by atoms with van der Waals surface area (Å²) < 4.78 is 23.9. The van der Waals surface area contributed by atoms with Crippen LogP contribution in [0.25, 0.3) is 0 Å². The molecule has 20 heavy (non-hydrogen) atoms. The molecule has 0 bridgehead atoms. The second kappa shape index (κ2) is 6.01. The molecule has 0 spiro atoms. The van der Waals surface area contributed by atoms with Gasteiger partial charge in [-0.15, -0.1) is 0 Å². The average Bonchev–Trinajstić information content (AvgIpc) is 2.46. The number of nitro groups is 1. The number of hydrogen-bond donors (Lipinski definition) is 0. The van der Waals surface area contributed by atoms with Crippen molar-refractivity contribution in [2.45, 2.75) is 6.61 Å². The minimum Gasteiger partial charge on any atom is -0.493 e. The summed E-state index contributed by atoms with van der Waals surface area (Å²) in [6.45, 7) is 0.208. The topological polar surface area (TPSA) is 61.6 Å². The monoisotopic (exact) mass is 277 g/mol. The first-order valence-corrected chi connectivity index (χ1v) is 5.80. The minimum atomic E-state index is -0.959. The first-order valence-electron chi connectivity index (χ1n) is 5.80. The van der Waals surface area contributed by atoms with Gasteiger partial charge in [0.1, 0.15) is 6.61 Å². The molecular formula is C14H12FNO4. The van der Waals surface area contributed by atoms with Gasteiger partial charge in [0.05, 0.1) is 18.1 Å². The Hall–Kier alpha value is -2.63. The molecule has 0 unspecified atom stereocenters. The van der Waals surface area contributed by atoms with Crippen LogP contribution >= 0.6 is 0 Å². The fraction of sp³-hybridized carbons (Fsp3) is 0.143. The van der Waals surface area contributed by atoms with Crippen molar-refractivity contribution >= 4 is 5.69 Å². The van der Waals surface area contributed by atoms with E-state index in [1.807, 2.05) is 30.3 Å². The van der Waals surface area contributed by atoms with E-state index < -0.39 is 16.4 Å². The van der Waals surface area contributed by atoms with Crippen LogP contribution in [-0.2, 0) is 6.61 Å². The van der Waals surface area contributed by atoms with E-state index in [0.29, 0.717) is 0 Å². The molecule has 2 aromatic carbocycles. The number of hydrogen-bond acceptors (Lipinski definition) is 4. The third-order valence-electron chi connectivity index (χ3n) is 2.67. The predicted molar refractivity (Wildman–Crippen MR) is 70.4 cm³/mol. The molecule has 2 rings (SSSR count). The highest BCUT2D eigenvalue weighted by Gasteiger charge is 2.19. The van der Waals surface area contributed by atoms with Crippen LogP contribution in [0.2, 0.25) is 0 Å². The first-order chi connectivity index (χ1) is 9.61. The number of methoxy groups -OCH3 is 1. The predicted octanol–water partition coefficient (Wildman–Crippen LogP) is 3.32. The van der Waals surface area contributed by atoms with Crippen molar-refractivity contribution in [2.75, 3.05) is 7.11 Å². The van der Waals surface area contributed by atoms with E-state index in [2.05, 4.69) is 0 Å². The Morgan fingerprint density at radius 1 is 1.20 bits per heavy atom. The number of rotatable bonds is 5. The van der Waals surface area contributed by atoms with Crippen LogP contribution in [0.5, 0.6) is 11.5 Å². The molecule has 0 heterocycles. The van der Waals surface area contributed by atoms with Gasteiger partial charge in [-0.3, -0.25) is 10.1 Å². The Morgan fingerprint density at radius 3 is 2.50 bits per heavy atom. The van der Waals surface area contributed by atoms with Gasteiger partial charge >= 0.3 is 5.69 Å². The van der Waals surface area contributed by atoms with E-state index in [0.717, 1.165) is 17.7 Å². The number of nitrogens with zero attached hydrogens (tertiary/aromatic N) is 1. The van der Waals surface area contributed by atoms with Crippen molar-refractivity contribution in [1.29, 1.82) is 0 Å². The van der Waals surface area contributed by atoms with Crippen molar-refractivity contribution in [3.63, 3.8) is 0 Å². The van der Waals surface area contributed by atoms with Gasteiger partial charge in [-0.1, -0.05) is 30.3 Å². The van der Waals surface area contributed by atoms with E-state index in [9.17, 15) is 14.5 Å². The Balaban J connectivity index is 2.25. The molecule has 0 fully saturated rings. The number of ether oxygens (including phenoxy) is 2. The van der Waals surface area contributed by atoms with Crippen molar-refractivity contribution < 1.29 is 18.8 Å². The maximum Gasteiger partial charge on any atom is 0.308 e. The van der Waals surface area contributed by atoms with E-state index in [4.69, 9.17) is 9.47 Å². The summed E-state index contributed by atoms with van der Waals surface area (Å²) >= 11 is 0. The maximum absolute atomic E-state index is 13.5. The summed E-state index contributed by atoms with van der Waals surface area (Å²) in [4.78, 5) is 9.92. The number of benzene rings is 2. The molecule has 0 aromatic heterocycles. The number of halogens is 1. The molecule has 0 saturated carbocycles. The summed E-state index contributed by atoms with van der Waals surface area (Å²) in [5, 5.41) is 10.7. The van der Waals surface area contributed by atoms with Crippen LogP contribution < -0.4 is 9.47 Å². The zero-order chi connectivity index (χ0) is 14.5. The first kappa shape index (κ1) is 13.8. The van der Waals surface area contributed by atoms with Crippen molar-refractivity contribution in [3.05, 3.63) is 64.0 Å². The lowest BCUT2D eigenvalue weighted by Crippen LogP contribution is -2.00. The highest BCUT2D eigenvalue weighted by Crippen LogP contribution is 2.34. The average molecular weight is 277 g/mol. The smallest absolute Gasteiger partial charge is 0.308 e. The molecule has 0 atom stereocenters. The minimum absolute atomic E-state index is 0.115. The second-order valence-corrected chi connectivity index (χ2v) is 3.99. The molecule has 0 aliphatic heterocycles. The van der Waals surface area contributed by atoms with Gasteiger partial charge in [-0.05, 0) is 5.56 Å². The van der Waals surface area contributed by atoms with E-state index in [1.165, 1.54) is 7.11 Å². The summed E-state index contributed by atoms with van der Waals surface area (Å²) in [5.74, 6) is -0.715. The van der Waals surface area contributed by atoms with Gasteiger partial charge in [0.25, 0.3) is 0 Å². The number of nitro benzene ring substituents is 1. The molecule has 0 N–H and O–H groups in total. The van der Waals surface area contributed by atoms with E-state index in [-0.39, 0.29) is 18.1 Å². The lowest BCUT2D eigenvalue weighted by Gasteiger charge is -2.10. The largest absolute Gasteiger partial charge is 0.493 e. The second-order valence-electron chi connectivity index (χ2n) is 3.99. The van der Waals surface area contributed by atoms with E-state index >= 15 is 0 Å². The molecule has 5 nitrogen and oxygen atoms in total. The van der Waals surface area contributed by atoms with Crippen LogP contribution in [0, 0.1) is 15.9 Å². The third kappa shape index (κ3) is 3.03. The summed E-state index contributed by atoms with van der Waals surface area (Å²) in [7, 11) is 1.34. The third-order valence-corrected chi connectivity index (χ3v) is 2.67. The van der Waals surface area contributed by atoms with Crippen LogP contribution in [0.3, 0.4) is 0 Å². The molecule has 0 amide bonds. The Bertz CT molecular complexity index is 616. The fourth-order valence-electron chi connectivity index (χ4n) is 1.67. The van der Waals surface area contributed by atoms with Crippen LogP contribution in [-0.4, -0.2) is 12.0 Å². The van der Waals surface area contributed by atoms with Crippen LogP contribution in [0.4, 0.5) is 10.1 Å². The SMILES string of the molecule is COc1cc(F)c([N+](=O)[O-])cc1OCc1ccccc1. The van der Waals surface area contributed by atoms with Gasteiger partial charge in [-0.2, -0.15) is 4.39 Å². The Labute approximate surface area is 114 Å². The maximum atomic E-state index is 13.5. The Morgan fingerprint density at radius 2 is 1.90 bits per heavy atom. The summed E-state index contributed by atoms with van der Waals surface area (Å²) in [5.41, 5.74) is 0.246. The highest BCUT2D eigenvalue weighted by molar-refractivity contribution is 5.49. The van der Waals surface area contributed by atoms with E-state index in [1.54, 1.807) is 0 Å². The van der Waals surface area contributed by atoms with Gasteiger partial charge < -0.3 is 9.47 Å². The molecule has 0 aliphatic carbocycles. The quantitative estimate of drug-likeness (QED) is 0.621. The van der Waals surface area contributed by atoms with Gasteiger partial charge in [0.2, 0.25) is 5.82 Å². The molecule has 2 aromatic rings. The standard InChI is InChI=1S/C14H12FNO4/c1-19-13-7-11(15)12(16(17)18)8-14(13)20-9-10-5-3-2-4-6-10/h2-8H,9H2,1H3. The normalized spacial score (nSPS) is 10.1. The van der Waals surface area contributed by atoms with Gasteiger partial charge in [0.15, 0.2) is 11.5 Å².